The Morgan fingerprint density at radius 1 is 0.731 bits per heavy atom. The molecule has 1 heterocycles. The van der Waals surface area contributed by atoms with Crippen LogP contribution in [0.3, 0.4) is 0 Å². The minimum absolute atomic E-state index is 0.281. The highest BCUT2D eigenvalue weighted by molar-refractivity contribution is 5.54. The van der Waals surface area contributed by atoms with Crippen LogP contribution >= 0.6 is 0 Å². The zero-order valence-electron chi connectivity index (χ0n) is 14.8. The van der Waals surface area contributed by atoms with E-state index in [0.29, 0.717) is 6.61 Å². The molecular weight excluding hydrogens is 318 g/mol. The Bertz CT molecular complexity index is 843. The van der Waals surface area contributed by atoms with Crippen molar-refractivity contribution in [2.75, 3.05) is 11.5 Å². The number of para-hydroxylation sites is 1. The maximum absolute atomic E-state index is 5.89. The van der Waals surface area contributed by atoms with Gasteiger partial charge in [0, 0.05) is 12.1 Å². The fourth-order valence-corrected chi connectivity index (χ4v) is 3.55. The SMILES string of the molecule is C1=C(Cc2ccccc2)N(c2ccccc2)[C@@H](Cc2ccccc2)CO1. The first-order chi connectivity index (χ1) is 12.9. The summed E-state index contributed by atoms with van der Waals surface area (Å²) in [7, 11) is 0. The number of rotatable bonds is 5. The first kappa shape index (κ1) is 16.5. The van der Waals surface area contributed by atoms with E-state index in [9.17, 15) is 0 Å². The maximum atomic E-state index is 5.89. The summed E-state index contributed by atoms with van der Waals surface area (Å²) in [6.07, 6.45) is 3.75. The van der Waals surface area contributed by atoms with Gasteiger partial charge in [0.15, 0.2) is 0 Å². The lowest BCUT2D eigenvalue weighted by Gasteiger charge is -2.38. The predicted octanol–water partition coefficient (Wildman–Crippen LogP) is 5.22. The largest absolute Gasteiger partial charge is 0.497 e. The average molecular weight is 341 g/mol. The molecule has 0 aromatic heterocycles. The number of hydrogen-bond donors (Lipinski definition) is 0. The van der Waals surface area contributed by atoms with E-state index >= 15 is 0 Å². The van der Waals surface area contributed by atoms with Crippen molar-refractivity contribution in [3.05, 3.63) is 114 Å². The Kier molecular flexibility index (Phi) is 5.02. The van der Waals surface area contributed by atoms with Crippen molar-refractivity contribution < 1.29 is 4.74 Å². The molecule has 2 nitrogen and oxygen atoms in total. The third-order valence-corrected chi connectivity index (χ3v) is 4.76. The molecule has 1 aliphatic heterocycles. The molecular formula is C24H23NO. The Morgan fingerprint density at radius 2 is 1.31 bits per heavy atom. The lowest BCUT2D eigenvalue weighted by Crippen LogP contribution is -2.43. The summed E-state index contributed by atoms with van der Waals surface area (Å²) in [4.78, 5) is 2.45. The first-order valence-corrected chi connectivity index (χ1v) is 9.13. The zero-order valence-corrected chi connectivity index (χ0v) is 14.8. The summed E-state index contributed by atoms with van der Waals surface area (Å²) in [6, 6.07) is 32.2. The van der Waals surface area contributed by atoms with Gasteiger partial charge in [-0.2, -0.15) is 0 Å². The van der Waals surface area contributed by atoms with Crippen LogP contribution in [0.5, 0.6) is 0 Å². The van der Waals surface area contributed by atoms with Crippen LogP contribution in [0, 0.1) is 0 Å². The maximum Gasteiger partial charge on any atom is 0.108 e. The molecule has 0 aliphatic carbocycles. The van der Waals surface area contributed by atoms with Gasteiger partial charge in [-0.1, -0.05) is 78.9 Å². The van der Waals surface area contributed by atoms with E-state index in [2.05, 4.69) is 95.9 Å². The second-order valence-corrected chi connectivity index (χ2v) is 6.65. The number of ether oxygens (including phenoxy) is 1. The fraction of sp³-hybridized carbons (Fsp3) is 0.167. The van der Waals surface area contributed by atoms with Gasteiger partial charge in [0.05, 0.1) is 11.7 Å². The molecule has 0 radical (unpaired) electrons. The van der Waals surface area contributed by atoms with Crippen molar-refractivity contribution >= 4 is 5.69 Å². The molecule has 3 aromatic carbocycles. The number of anilines is 1. The van der Waals surface area contributed by atoms with E-state index in [1.54, 1.807) is 0 Å². The molecule has 0 saturated carbocycles. The van der Waals surface area contributed by atoms with E-state index in [1.807, 2.05) is 6.26 Å². The van der Waals surface area contributed by atoms with Gasteiger partial charge in [-0.25, -0.2) is 0 Å². The van der Waals surface area contributed by atoms with Crippen LogP contribution in [-0.2, 0) is 17.6 Å². The van der Waals surface area contributed by atoms with Crippen molar-refractivity contribution in [3.8, 4) is 0 Å². The first-order valence-electron chi connectivity index (χ1n) is 9.13. The number of nitrogens with zero attached hydrogens (tertiary/aromatic N) is 1. The Hall–Kier alpha value is -3.00. The van der Waals surface area contributed by atoms with Crippen molar-refractivity contribution in [1.29, 1.82) is 0 Å². The summed E-state index contributed by atoms with van der Waals surface area (Å²) in [5.41, 5.74) is 5.06. The highest BCUT2D eigenvalue weighted by atomic mass is 16.5. The van der Waals surface area contributed by atoms with Gasteiger partial charge in [-0.05, 0) is 29.7 Å². The molecule has 1 aliphatic rings. The topological polar surface area (TPSA) is 12.5 Å². The van der Waals surface area contributed by atoms with Gasteiger partial charge in [0.1, 0.15) is 12.9 Å². The number of hydrogen-bond acceptors (Lipinski definition) is 2. The van der Waals surface area contributed by atoms with Gasteiger partial charge in [-0.15, -0.1) is 0 Å². The molecule has 4 rings (SSSR count). The molecule has 26 heavy (non-hydrogen) atoms. The van der Waals surface area contributed by atoms with Crippen LogP contribution < -0.4 is 4.90 Å². The van der Waals surface area contributed by atoms with Crippen LogP contribution in [0.1, 0.15) is 11.1 Å². The van der Waals surface area contributed by atoms with E-state index in [4.69, 9.17) is 4.74 Å². The molecule has 0 fully saturated rings. The summed E-state index contributed by atoms with van der Waals surface area (Å²) < 4.78 is 5.89. The molecule has 1 atom stereocenters. The third kappa shape index (κ3) is 3.80. The van der Waals surface area contributed by atoms with Gasteiger partial charge in [-0.3, -0.25) is 0 Å². The van der Waals surface area contributed by atoms with Crippen molar-refractivity contribution in [2.45, 2.75) is 18.9 Å². The third-order valence-electron chi connectivity index (χ3n) is 4.76. The van der Waals surface area contributed by atoms with E-state index < -0.39 is 0 Å². The minimum atomic E-state index is 0.281. The zero-order chi connectivity index (χ0) is 17.6. The minimum Gasteiger partial charge on any atom is -0.497 e. The highest BCUT2D eigenvalue weighted by Crippen LogP contribution is 2.29. The molecule has 0 saturated heterocycles. The summed E-state index contributed by atoms with van der Waals surface area (Å²) >= 11 is 0. The smallest absolute Gasteiger partial charge is 0.108 e. The Labute approximate surface area is 155 Å². The van der Waals surface area contributed by atoms with Crippen LogP contribution in [0.2, 0.25) is 0 Å². The standard InChI is InChI=1S/C24H23NO/c1-4-10-20(11-5-1)16-23-18-26-19-24(17-21-12-6-2-7-13-21)25(23)22-14-8-3-9-15-22/h1-15,18,24H,16-17,19H2/t24-/m0/s1. The van der Waals surface area contributed by atoms with Crippen molar-refractivity contribution in [1.82, 2.24) is 0 Å². The molecule has 0 amide bonds. The highest BCUT2D eigenvalue weighted by Gasteiger charge is 2.27. The summed E-state index contributed by atoms with van der Waals surface area (Å²) in [5, 5.41) is 0. The van der Waals surface area contributed by atoms with Crippen molar-refractivity contribution in [3.63, 3.8) is 0 Å². The number of benzene rings is 3. The fourth-order valence-electron chi connectivity index (χ4n) is 3.55. The molecule has 0 spiro atoms. The lowest BCUT2D eigenvalue weighted by atomic mass is 10.0. The Balaban J connectivity index is 1.65. The number of allylic oxidation sites excluding steroid dienone is 1. The van der Waals surface area contributed by atoms with E-state index in [-0.39, 0.29) is 6.04 Å². The molecule has 0 unspecified atom stereocenters. The second-order valence-electron chi connectivity index (χ2n) is 6.65. The normalized spacial score (nSPS) is 16.7. The molecule has 3 aromatic rings. The van der Waals surface area contributed by atoms with E-state index in [0.717, 1.165) is 12.8 Å². The average Bonchev–Trinajstić information content (AvgIpc) is 2.70. The van der Waals surface area contributed by atoms with Gasteiger partial charge in [0.25, 0.3) is 0 Å². The summed E-state index contributed by atoms with van der Waals surface area (Å²) in [6.45, 7) is 0.697. The molecule has 0 N–H and O–H groups in total. The van der Waals surface area contributed by atoms with E-state index in [1.165, 1.54) is 22.5 Å². The van der Waals surface area contributed by atoms with Crippen molar-refractivity contribution in [2.24, 2.45) is 0 Å². The van der Waals surface area contributed by atoms with Crippen LogP contribution in [0.15, 0.2) is 103 Å². The molecule has 130 valence electrons. The van der Waals surface area contributed by atoms with Crippen LogP contribution in [-0.4, -0.2) is 12.6 Å². The summed E-state index contributed by atoms with van der Waals surface area (Å²) in [5.74, 6) is 0. The lowest BCUT2D eigenvalue weighted by molar-refractivity contribution is 0.202. The quantitative estimate of drug-likeness (QED) is 0.631. The van der Waals surface area contributed by atoms with Gasteiger partial charge in [0.2, 0.25) is 0 Å². The predicted molar refractivity (Wildman–Crippen MR) is 107 cm³/mol. The monoisotopic (exact) mass is 341 g/mol. The Morgan fingerprint density at radius 3 is 1.96 bits per heavy atom. The van der Waals surface area contributed by atoms with Crippen LogP contribution in [0.25, 0.3) is 0 Å². The van der Waals surface area contributed by atoms with Gasteiger partial charge < -0.3 is 9.64 Å². The van der Waals surface area contributed by atoms with Gasteiger partial charge >= 0.3 is 0 Å². The molecule has 2 heteroatoms. The van der Waals surface area contributed by atoms with Crippen LogP contribution in [0.4, 0.5) is 5.69 Å². The second kappa shape index (κ2) is 7.92. The molecule has 0 bridgehead atoms.